The van der Waals surface area contributed by atoms with Gasteiger partial charge in [-0.25, -0.2) is 10.2 Å². The summed E-state index contributed by atoms with van der Waals surface area (Å²) < 4.78 is 36.3. The third-order valence-electron chi connectivity index (χ3n) is 1.21. The van der Waals surface area contributed by atoms with E-state index in [2.05, 4.69) is 19.7 Å². The van der Waals surface area contributed by atoms with Gasteiger partial charge in [0, 0.05) is 0 Å². The van der Waals surface area contributed by atoms with Gasteiger partial charge < -0.3 is 4.89 Å². The lowest BCUT2D eigenvalue weighted by atomic mass is 10.3. The lowest BCUT2D eigenvalue weighted by Gasteiger charge is -2.08. The molecular weight excluding hydrogens is 209 g/mol. The van der Waals surface area contributed by atoms with Gasteiger partial charge in [0.2, 0.25) is 0 Å². The number of rotatable bonds is 2. The highest BCUT2D eigenvalue weighted by Gasteiger charge is 2.36. The molecule has 78 valence electrons. The third-order valence-corrected chi connectivity index (χ3v) is 1.21. The van der Waals surface area contributed by atoms with E-state index >= 15 is 0 Å². The molecule has 1 heterocycles. The Hall–Kier alpha value is -1.61. The van der Waals surface area contributed by atoms with Gasteiger partial charge in [-0.05, 0) is 0 Å². The molecule has 0 amide bonds. The molecule has 0 saturated carbocycles. The van der Waals surface area contributed by atoms with E-state index < -0.39 is 23.6 Å². The molecule has 14 heavy (non-hydrogen) atoms. The predicted molar refractivity (Wildman–Crippen MR) is 33.5 cm³/mol. The average molecular weight is 212 g/mol. The summed E-state index contributed by atoms with van der Waals surface area (Å²) in [5, 5.41) is 16.1. The van der Waals surface area contributed by atoms with Crippen LogP contribution in [0.4, 0.5) is 13.2 Å². The molecule has 0 saturated heterocycles. The van der Waals surface area contributed by atoms with Gasteiger partial charge in [-0.15, -0.1) is 0 Å². The van der Waals surface area contributed by atoms with Crippen molar-refractivity contribution in [3.8, 4) is 11.9 Å². The Morgan fingerprint density at radius 1 is 1.21 bits per heavy atom. The van der Waals surface area contributed by atoms with Crippen molar-refractivity contribution in [3.05, 3.63) is 11.8 Å². The second kappa shape index (κ2) is 3.64. The van der Waals surface area contributed by atoms with Gasteiger partial charge in [0.1, 0.15) is 5.56 Å². The summed E-state index contributed by atoms with van der Waals surface area (Å²) in [4.78, 5) is 12.7. The molecule has 0 aromatic carbocycles. The minimum atomic E-state index is -4.77. The molecule has 0 aliphatic heterocycles. The lowest BCUT2D eigenvalue weighted by molar-refractivity contribution is -0.171. The molecule has 1 aromatic rings. The summed E-state index contributed by atoms with van der Waals surface area (Å²) in [6, 6.07) is -0.776. The van der Waals surface area contributed by atoms with Crippen molar-refractivity contribution >= 4 is 0 Å². The maximum atomic E-state index is 12.1. The first kappa shape index (κ1) is 10.5. The second-order valence-corrected chi connectivity index (χ2v) is 2.05. The van der Waals surface area contributed by atoms with E-state index in [1.807, 2.05) is 0 Å². The van der Waals surface area contributed by atoms with Gasteiger partial charge in [0.05, 0.1) is 6.20 Å². The molecule has 0 radical (unpaired) electrons. The van der Waals surface area contributed by atoms with Crippen LogP contribution in [0, 0.1) is 0 Å². The van der Waals surface area contributed by atoms with Crippen molar-refractivity contribution < 1.29 is 33.5 Å². The standard InChI is InChI=1S/C5H3F3N2O4/c6-5(7,8)2-1-9-4(14-12)10-3(2)13-11/h1,11-12H. The number of alkyl halides is 3. The summed E-state index contributed by atoms with van der Waals surface area (Å²) >= 11 is 0. The number of aromatic nitrogens is 2. The van der Waals surface area contributed by atoms with Crippen LogP contribution in [0.5, 0.6) is 11.9 Å². The Morgan fingerprint density at radius 3 is 2.29 bits per heavy atom. The zero-order valence-electron chi connectivity index (χ0n) is 6.32. The Labute approximate surface area is 74.4 Å². The molecule has 2 N–H and O–H groups in total. The third kappa shape index (κ3) is 2.00. The van der Waals surface area contributed by atoms with Crippen LogP contribution in [0.2, 0.25) is 0 Å². The summed E-state index contributed by atoms with van der Waals surface area (Å²) in [6.07, 6.45) is -4.48. The summed E-state index contributed by atoms with van der Waals surface area (Å²) in [6.45, 7) is 0. The minimum absolute atomic E-state index is 0.296. The van der Waals surface area contributed by atoms with Crippen molar-refractivity contribution in [1.82, 2.24) is 9.97 Å². The maximum Gasteiger partial charge on any atom is 0.423 e. The van der Waals surface area contributed by atoms with Gasteiger partial charge >= 0.3 is 12.2 Å². The zero-order valence-corrected chi connectivity index (χ0v) is 6.32. The number of hydrogen-bond donors (Lipinski definition) is 2. The van der Waals surface area contributed by atoms with E-state index in [1.54, 1.807) is 0 Å². The Kier molecular flexibility index (Phi) is 2.72. The van der Waals surface area contributed by atoms with Crippen LogP contribution < -0.4 is 9.78 Å². The fourth-order valence-corrected chi connectivity index (χ4v) is 0.659. The molecule has 0 spiro atoms. The van der Waals surface area contributed by atoms with Crippen LogP contribution in [0.15, 0.2) is 6.20 Å². The molecule has 6 nitrogen and oxygen atoms in total. The SMILES string of the molecule is OOc1ncc(C(F)(F)F)c(OO)n1. The highest BCUT2D eigenvalue weighted by Crippen LogP contribution is 2.34. The van der Waals surface area contributed by atoms with Crippen molar-refractivity contribution in [2.24, 2.45) is 0 Å². The molecule has 0 atom stereocenters. The summed E-state index contributed by atoms with van der Waals surface area (Å²) in [7, 11) is 0. The van der Waals surface area contributed by atoms with Crippen LogP contribution in [0.3, 0.4) is 0 Å². The first-order chi connectivity index (χ1) is 6.49. The largest absolute Gasteiger partial charge is 0.423 e. The molecule has 1 rings (SSSR count). The van der Waals surface area contributed by atoms with Gasteiger partial charge in [0.15, 0.2) is 0 Å². The van der Waals surface area contributed by atoms with Gasteiger partial charge in [-0.2, -0.15) is 23.4 Å². The monoisotopic (exact) mass is 212 g/mol. The Balaban J connectivity index is 3.18. The molecule has 0 fully saturated rings. The van der Waals surface area contributed by atoms with E-state index in [-0.39, 0.29) is 0 Å². The van der Waals surface area contributed by atoms with E-state index in [4.69, 9.17) is 10.5 Å². The molecular formula is C5H3F3N2O4. The van der Waals surface area contributed by atoms with Crippen molar-refractivity contribution in [2.75, 3.05) is 0 Å². The normalized spacial score (nSPS) is 11.2. The first-order valence-electron chi connectivity index (χ1n) is 3.06. The molecule has 0 aliphatic carbocycles. The topological polar surface area (TPSA) is 84.7 Å². The van der Waals surface area contributed by atoms with Crippen LogP contribution in [0.1, 0.15) is 5.56 Å². The predicted octanol–water partition coefficient (Wildman–Crippen LogP) is 1.20. The lowest BCUT2D eigenvalue weighted by Crippen LogP contribution is -2.10. The van der Waals surface area contributed by atoms with Gasteiger partial charge in [-0.1, -0.05) is 0 Å². The molecule has 9 heteroatoms. The Bertz CT molecular complexity index is 329. The summed E-state index contributed by atoms with van der Waals surface area (Å²) in [5.41, 5.74) is -1.39. The first-order valence-corrected chi connectivity index (χ1v) is 3.06. The number of nitrogens with zero attached hydrogens (tertiary/aromatic N) is 2. The fourth-order valence-electron chi connectivity index (χ4n) is 0.659. The minimum Gasteiger partial charge on any atom is -0.319 e. The van der Waals surface area contributed by atoms with Crippen molar-refractivity contribution in [1.29, 1.82) is 0 Å². The Morgan fingerprint density at radius 2 is 1.86 bits per heavy atom. The molecule has 1 aromatic heterocycles. The molecule has 0 unspecified atom stereocenters. The second-order valence-electron chi connectivity index (χ2n) is 2.05. The van der Waals surface area contributed by atoms with Crippen LogP contribution in [-0.2, 0) is 6.18 Å². The highest BCUT2D eigenvalue weighted by atomic mass is 19.4. The van der Waals surface area contributed by atoms with Crippen molar-refractivity contribution in [2.45, 2.75) is 6.18 Å². The molecule has 0 bridgehead atoms. The van der Waals surface area contributed by atoms with E-state index in [9.17, 15) is 13.2 Å². The van der Waals surface area contributed by atoms with Crippen molar-refractivity contribution in [3.63, 3.8) is 0 Å². The fraction of sp³-hybridized carbons (Fsp3) is 0.200. The molecule has 0 aliphatic rings. The number of halogens is 3. The maximum absolute atomic E-state index is 12.1. The van der Waals surface area contributed by atoms with E-state index in [1.165, 1.54) is 0 Å². The van der Waals surface area contributed by atoms with E-state index in [0.717, 1.165) is 0 Å². The smallest absolute Gasteiger partial charge is 0.319 e. The summed E-state index contributed by atoms with van der Waals surface area (Å²) in [5.74, 6) is -1.16. The van der Waals surface area contributed by atoms with Crippen LogP contribution in [0.25, 0.3) is 0 Å². The quantitative estimate of drug-likeness (QED) is 0.565. The van der Waals surface area contributed by atoms with Gasteiger partial charge in [-0.3, -0.25) is 4.89 Å². The van der Waals surface area contributed by atoms with Crippen LogP contribution >= 0.6 is 0 Å². The average Bonchev–Trinajstić information content (AvgIpc) is 2.15. The van der Waals surface area contributed by atoms with E-state index in [0.29, 0.717) is 6.20 Å². The number of hydrogen-bond acceptors (Lipinski definition) is 6. The van der Waals surface area contributed by atoms with Gasteiger partial charge in [0.25, 0.3) is 5.88 Å². The highest BCUT2D eigenvalue weighted by molar-refractivity contribution is 5.27. The van der Waals surface area contributed by atoms with Crippen LogP contribution in [-0.4, -0.2) is 20.5 Å². The zero-order chi connectivity index (χ0) is 10.8.